The minimum Gasteiger partial charge on any atom is -0.197 e. The van der Waals surface area contributed by atoms with Crippen molar-refractivity contribution in [3.8, 4) is 0 Å². The predicted molar refractivity (Wildman–Crippen MR) is 84.2 cm³/mol. The Morgan fingerprint density at radius 3 is 0.500 bits per heavy atom. The van der Waals surface area contributed by atoms with Gasteiger partial charge in [-0.1, -0.05) is 24.3 Å². The predicted octanol–water partition coefficient (Wildman–Crippen LogP) is 4.99. The van der Waals surface area contributed by atoms with Crippen LogP contribution >= 0.6 is 27.0 Å². The Labute approximate surface area is 105 Å². The normalized spacial score (nSPS) is 3.71. The van der Waals surface area contributed by atoms with Gasteiger partial charge < -0.3 is 0 Å². The van der Waals surface area contributed by atoms with Gasteiger partial charge in [-0.25, -0.2) is 0 Å². The molecule has 0 fully saturated rings. The highest BCUT2D eigenvalue weighted by Crippen LogP contribution is 1.39. The second-order valence-corrected chi connectivity index (χ2v) is 1.63. The average molecular weight is 236 g/mol. The van der Waals surface area contributed by atoms with Gasteiger partial charge in [0.05, 0.1) is 0 Å². The Balaban J connectivity index is -0.0000000145. The molecular formula is C12H28S2. The Morgan fingerprint density at radius 2 is 0.500 bits per heavy atom. The number of hydrogen-bond acceptors (Lipinski definition) is 0. The lowest BCUT2D eigenvalue weighted by molar-refractivity contribution is 1.80. The molecule has 0 nitrogen and oxygen atoms in total. The van der Waals surface area contributed by atoms with Crippen LogP contribution in [-0.2, 0) is 0 Å². The lowest BCUT2D eigenvalue weighted by Gasteiger charge is -1.31. The van der Waals surface area contributed by atoms with E-state index in [4.69, 9.17) is 0 Å². The van der Waals surface area contributed by atoms with E-state index in [0.717, 1.165) is 0 Å². The lowest BCUT2D eigenvalue weighted by Crippen LogP contribution is -1.07. The van der Waals surface area contributed by atoms with Gasteiger partial charge in [0.15, 0.2) is 0 Å². The molecule has 14 heavy (non-hydrogen) atoms. The van der Waals surface area contributed by atoms with Crippen LogP contribution in [0.1, 0.15) is 27.7 Å². The summed E-state index contributed by atoms with van der Waals surface area (Å²) in [6, 6.07) is 0. The summed E-state index contributed by atoms with van der Waals surface area (Å²) in [6.07, 6.45) is 7.00. The van der Waals surface area contributed by atoms with Crippen LogP contribution in [0.3, 0.4) is 0 Å². The third kappa shape index (κ3) is 11500. The summed E-state index contributed by atoms with van der Waals surface area (Å²) in [6.45, 7) is 21.0. The van der Waals surface area contributed by atoms with Gasteiger partial charge in [0, 0.05) is 0 Å². The molecule has 0 aliphatic rings. The Morgan fingerprint density at radius 1 is 0.500 bits per heavy atom. The molecule has 0 spiro atoms. The van der Waals surface area contributed by atoms with Crippen molar-refractivity contribution in [3.05, 3.63) is 50.6 Å². The van der Waals surface area contributed by atoms with E-state index in [-0.39, 0.29) is 27.0 Å². The van der Waals surface area contributed by atoms with Crippen LogP contribution in [0.25, 0.3) is 0 Å². The Kier molecular flexibility index (Phi) is 342. The molecule has 0 heterocycles. The molecule has 0 aliphatic carbocycles. The van der Waals surface area contributed by atoms with Crippen LogP contribution in [0, 0.1) is 0 Å². The average Bonchev–Trinajstić information content (AvgIpc) is 1.92. The van der Waals surface area contributed by atoms with Crippen molar-refractivity contribution in [2.75, 3.05) is 0 Å². The maximum atomic E-state index is 3.36. The van der Waals surface area contributed by atoms with E-state index in [9.17, 15) is 0 Å². The summed E-state index contributed by atoms with van der Waals surface area (Å²) in [5.41, 5.74) is 0. The standard InChI is InChI=1S/4C3H6.2H2S/c4*1-3-2;;/h4*3H,1H2,2H3;2*1H2. The molecule has 0 rings (SSSR count). The van der Waals surface area contributed by atoms with Gasteiger partial charge in [-0.15, -0.1) is 26.3 Å². The first kappa shape index (κ1) is 37.3. The fourth-order valence-electron chi connectivity index (χ4n) is 0. The second kappa shape index (κ2) is 128. The van der Waals surface area contributed by atoms with Gasteiger partial charge in [0.25, 0.3) is 0 Å². The van der Waals surface area contributed by atoms with Gasteiger partial charge in [-0.2, -0.15) is 27.0 Å². The van der Waals surface area contributed by atoms with Crippen molar-refractivity contribution in [1.82, 2.24) is 0 Å². The molecular weight excluding hydrogens is 208 g/mol. The van der Waals surface area contributed by atoms with Gasteiger partial charge >= 0.3 is 0 Å². The van der Waals surface area contributed by atoms with E-state index in [0.29, 0.717) is 0 Å². The first-order valence-corrected chi connectivity index (χ1v) is 3.94. The number of rotatable bonds is 0. The fraction of sp³-hybridized carbons (Fsp3) is 0.333. The topological polar surface area (TPSA) is 0 Å². The molecule has 0 saturated heterocycles. The monoisotopic (exact) mass is 236 g/mol. The SMILES string of the molecule is C=CC.C=CC.C=CC.C=CC.S.S. The molecule has 0 aromatic heterocycles. The zero-order chi connectivity index (χ0) is 10.8. The number of allylic oxidation sites excluding steroid dienone is 4. The van der Waals surface area contributed by atoms with Crippen LogP contribution in [0.4, 0.5) is 0 Å². The molecule has 0 unspecified atom stereocenters. The molecule has 0 N–H and O–H groups in total. The molecule has 0 atom stereocenters. The highest BCUT2D eigenvalue weighted by molar-refractivity contribution is 7.59. The van der Waals surface area contributed by atoms with E-state index in [2.05, 4.69) is 26.3 Å². The second-order valence-electron chi connectivity index (χ2n) is 1.63. The first-order chi connectivity index (χ1) is 5.66. The van der Waals surface area contributed by atoms with Crippen LogP contribution in [-0.4, -0.2) is 0 Å². The first-order valence-electron chi connectivity index (χ1n) is 3.94. The van der Waals surface area contributed by atoms with E-state index in [1.54, 1.807) is 24.3 Å². The van der Waals surface area contributed by atoms with Crippen molar-refractivity contribution < 1.29 is 0 Å². The fourth-order valence-corrected chi connectivity index (χ4v) is 0. The minimum atomic E-state index is 0. The summed E-state index contributed by atoms with van der Waals surface area (Å²) in [4.78, 5) is 0. The molecule has 0 bridgehead atoms. The van der Waals surface area contributed by atoms with Gasteiger partial charge in [0.2, 0.25) is 0 Å². The molecule has 0 amide bonds. The van der Waals surface area contributed by atoms with Crippen molar-refractivity contribution in [2.24, 2.45) is 0 Å². The summed E-state index contributed by atoms with van der Waals surface area (Å²) in [7, 11) is 0. The maximum Gasteiger partial charge on any atom is -0.0473 e. The van der Waals surface area contributed by atoms with Crippen molar-refractivity contribution in [3.63, 3.8) is 0 Å². The van der Waals surface area contributed by atoms with Gasteiger partial charge in [0.1, 0.15) is 0 Å². The van der Waals surface area contributed by atoms with E-state index >= 15 is 0 Å². The molecule has 88 valence electrons. The van der Waals surface area contributed by atoms with Gasteiger partial charge in [-0.3, -0.25) is 0 Å². The van der Waals surface area contributed by atoms with Crippen molar-refractivity contribution in [1.29, 1.82) is 0 Å². The maximum absolute atomic E-state index is 3.36. The Hall–Kier alpha value is -0.340. The third-order valence-corrected chi connectivity index (χ3v) is 0. The molecule has 0 aromatic carbocycles. The summed E-state index contributed by atoms with van der Waals surface area (Å²) in [5.74, 6) is 0. The summed E-state index contributed by atoms with van der Waals surface area (Å²) in [5, 5.41) is 0. The zero-order valence-corrected chi connectivity index (χ0v) is 12.1. The van der Waals surface area contributed by atoms with Crippen molar-refractivity contribution >= 4 is 27.0 Å². The van der Waals surface area contributed by atoms with Crippen molar-refractivity contribution in [2.45, 2.75) is 27.7 Å². The molecule has 0 aromatic rings. The van der Waals surface area contributed by atoms with Crippen LogP contribution in [0.5, 0.6) is 0 Å². The van der Waals surface area contributed by atoms with Crippen LogP contribution < -0.4 is 0 Å². The molecule has 0 radical (unpaired) electrons. The van der Waals surface area contributed by atoms with Gasteiger partial charge in [-0.05, 0) is 27.7 Å². The summed E-state index contributed by atoms with van der Waals surface area (Å²) >= 11 is 0. The van der Waals surface area contributed by atoms with E-state index in [1.165, 1.54) is 0 Å². The number of hydrogen-bond donors (Lipinski definition) is 0. The molecule has 0 saturated carbocycles. The van der Waals surface area contributed by atoms with Crippen LogP contribution in [0.15, 0.2) is 50.6 Å². The van der Waals surface area contributed by atoms with E-state index < -0.39 is 0 Å². The highest BCUT2D eigenvalue weighted by atomic mass is 32.1. The minimum absolute atomic E-state index is 0. The smallest absolute Gasteiger partial charge is 0.0473 e. The zero-order valence-electron chi connectivity index (χ0n) is 10.1. The Bertz CT molecular complexity index is 62.3. The molecule has 0 aliphatic heterocycles. The molecule has 2 heteroatoms. The highest BCUT2D eigenvalue weighted by Gasteiger charge is 1.15. The largest absolute Gasteiger partial charge is 0.197 e. The van der Waals surface area contributed by atoms with Crippen LogP contribution in [0.2, 0.25) is 0 Å². The van der Waals surface area contributed by atoms with E-state index in [1.807, 2.05) is 27.7 Å². The quantitative estimate of drug-likeness (QED) is 0.520. The summed E-state index contributed by atoms with van der Waals surface area (Å²) < 4.78 is 0. The lowest BCUT2D eigenvalue weighted by atomic mass is 10.8. The third-order valence-electron chi connectivity index (χ3n) is 0.